The van der Waals surface area contributed by atoms with Crippen LogP contribution < -0.4 is 5.32 Å². The van der Waals surface area contributed by atoms with E-state index in [0.29, 0.717) is 24.1 Å². The predicted octanol–water partition coefficient (Wildman–Crippen LogP) is 5.82. The SMILES string of the molecule is CC1CCC1(c1cc(F)ccc1F)S(=O)(=O)c1ccc(F)cc1.CO.FCF.N#Cc1ccc(NC=O)cc1. The Morgan fingerprint density at radius 2 is 1.54 bits per heavy atom. The van der Waals surface area contributed by atoms with E-state index >= 15 is 0 Å². The van der Waals surface area contributed by atoms with E-state index in [4.69, 9.17) is 10.4 Å². The van der Waals surface area contributed by atoms with Gasteiger partial charge in [-0.25, -0.2) is 30.4 Å². The van der Waals surface area contributed by atoms with Crippen LogP contribution in [0.1, 0.15) is 30.9 Å². The van der Waals surface area contributed by atoms with E-state index in [9.17, 15) is 35.2 Å². The van der Waals surface area contributed by atoms with Crippen LogP contribution in [0.15, 0.2) is 71.6 Å². The molecule has 2 atom stereocenters. The Bertz CT molecular complexity index is 1350. The van der Waals surface area contributed by atoms with Gasteiger partial charge in [-0.2, -0.15) is 5.26 Å². The summed E-state index contributed by atoms with van der Waals surface area (Å²) in [5.74, 6) is -2.36. The number of anilines is 1. The molecule has 0 saturated heterocycles. The summed E-state index contributed by atoms with van der Waals surface area (Å²) in [4.78, 5) is 9.86. The van der Waals surface area contributed by atoms with Crippen LogP contribution in [0.3, 0.4) is 0 Å². The van der Waals surface area contributed by atoms with E-state index in [-0.39, 0.29) is 22.8 Å². The van der Waals surface area contributed by atoms with Crippen LogP contribution in [-0.4, -0.2) is 34.0 Å². The van der Waals surface area contributed by atoms with Gasteiger partial charge in [0.1, 0.15) is 22.2 Å². The summed E-state index contributed by atoms with van der Waals surface area (Å²) >= 11 is 0. The first-order chi connectivity index (χ1) is 18.6. The summed E-state index contributed by atoms with van der Waals surface area (Å²) in [5.41, 5.74) is 1.13. The first kappa shape index (κ1) is 33.2. The molecule has 0 spiro atoms. The third-order valence-corrected chi connectivity index (χ3v) is 8.65. The van der Waals surface area contributed by atoms with E-state index < -0.39 is 39.0 Å². The smallest absolute Gasteiger partial charge is 0.229 e. The van der Waals surface area contributed by atoms with Crippen molar-refractivity contribution in [1.29, 1.82) is 5.26 Å². The maximum atomic E-state index is 14.3. The molecule has 1 saturated carbocycles. The van der Waals surface area contributed by atoms with E-state index in [0.717, 1.165) is 49.6 Å². The van der Waals surface area contributed by atoms with Crippen LogP contribution in [0.2, 0.25) is 0 Å². The lowest BCUT2D eigenvalue weighted by Gasteiger charge is -2.47. The number of hydrogen-bond donors (Lipinski definition) is 2. The van der Waals surface area contributed by atoms with Crippen molar-refractivity contribution < 1.29 is 40.3 Å². The average molecular weight is 571 g/mol. The second kappa shape index (κ2) is 15.6. The van der Waals surface area contributed by atoms with Crippen LogP contribution in [0.5, 0.6) is 0 Å². The number of hydrogen-bond acceptors (Lipinski definition) is 5. The number of amides is 1. The number of alkyl halides is 2. The summed E-state index contributed by atoms with van der Waals surface area (Å²) < 4.78 is 84.9. The van der Waals surface area contributed by atoms with Gasteiger partial charge in [0.15, 0.2) is 9.84 Å². The van der Waals surface area contributed by atoms with Gasteiger partial charge in [-0.05, 0) is 85.5 Å². The standard InChI is InChI=1S/C17H15F3O2S.C8H6N2O.CH2F2.CH4O/c1-11-8-9-17(11,15-10-13(19)4-7-16(15)20)23(21,22)14-5-2-12(18)3-6-14;9-5-7-1-3-8(4-2-7)10-6-11;2-1-3;1-2/h2-7,10-11H,8-9H2,1H3;1-4,6H,(H,10,11);1H2;2H,1H3. The molecule has 39 heavy (non-hydrogen) atoms. The Morgan fingerprint density at radius 1 is 1.00 bits per heavy atom. The zero-order valence-corrected chi connectivity index (χ0v) is 21.9. The van der Waals surface area contributed by atoms with Crippen molar-refractivity contribution in [2.45, 2.75) is 29.4 Å². The largest absolute Gasteiger partial charge is 0.400 e. The van der Waals surface area contributed by atoms with Crippen LogP contribution in [-0.2, 0) is 19.4 Å². The molecular formula is C27H27F5N2O4S. The number of nitrogens with zero attached hydrogens (tertiary/aromatic N) is 1. The highest BCUT2D eigenvalue weighted by atomic mass is 32.2. The van der Waals surface area contributed by atoms with Crippen LogP contribution in [0, 0.1) is 34.7 Å². The highest BCUT2D eigenvalue weighted by Crippen LogP contribution is 2.55. The van der Waals surface area contributed by atoms with Crippen molar-refractivity contribution in [3.63, 3.8) is 0 Å². The van der Waals surface area contributed by atoms with Gasteiger partial charge in [-0.3, -0.25) is 4.79 Å². The number of carbonyl (C=O) groups is 1. The van der Waals surface area contributed by atoms with Gasteiger partial charge in [-0.15, -0.1) is 0 Å². The Labute approximate surface area is 223 Å². The van der Waals surface area contributed by atoms with E-state index in [1.165, 1.54) is 0 Å². The zero-order valence-electron chi connectivity index (χ0n) is 21.0. The van der Waals surface area contributed by atoms with Crippen molar-refractivity contribution in [2.75, 3.05) is 19.4 Å². The minimum Gasteiger partial charge on any atom is -0.400 e. The number of nitrogens with one attached hydrogen (secondary N) is 1. The number of halogens is 5. The lowest BCUT2D eigenvalue weighted by Crippen LogP contribution is -2.50. The number of aliphatic hydroxyl groups is 1. The monoisotopic (exact) mass is 570 g/mol. The second-order valence-corrected chi connectivity index (χ2v) is 10.2. The average Bonchev–Trinajstić information content (AvgIpc) is 2.93. The van der Waals surface area contributed by atoms with Gasteiger partial charge < -0.3 is 10.4 Å². The van der Waals surface area contributed by atoms with Crippen molar-refractivity contribution in [3.05, 3.63) is 95.3 Å². The molecule has 6 nitrogen and oxygen atoms in total. The number of nitriles is 1. The molecule has 0 aromatic heterocycles. The molecule has 1 aliphatic rings. The Kier molecular flexibility index (Phi) is 13.2. The number of sulfone groups is 1. The minimum absolute atomic E-state index is 0.0888. The molecule has 210 valence electrons. The third kappa shape index (κ3) is 7.84. The molecule has 2 N–H and O–H groups in total. The molecule has 0 heterocycles. The Balaban J connectivity index is 0.000000397. The van der Waals surface area contributed by atoms with Gasteiger partial charge in [0.05, 0.1) is 16.5 Å². The van der Waals surface area contributed by atoms with Gasteiger partial charge >= 0.3 is 0 Å². The Hall–Kier alpha value is -3.82. The van der Waals surface area contributed by atoms with Gasteiger partial charge in [0.25, 0.3) is 0 Å². The molecule has 1 fully saturated rings. The topological polar surface area (TPSA) is 107 Å². The molecule has 4 rings (SSSR count). The molecule has 3 aromatic carbocycles. The maximum absolute atomic E-state index is 14.3. The normalized spacial score (nSPS) is 17.3. The fraction of sp³-hybridized carbons (Fsp3) is 0.259. The molecule has 12 heteroatoms. The van der Waals surface area contributed by atoms with Crippen LogP contribution in [0.4, 0.5) is 27.6 Å². The van der Waals surface area contributed by atoms with Gasteiger partial charge in [-0.1, -0.05) is 6.92 Å². The lowest BCUT2D eigenvalue weighted by atomic mass is 9.70. The zero-order chi connectivity index (χ0) is 29.6. The molecule has 0 radical (unpaired) electrons. The van der Waals surface area contributed by atoms with Gasteiger partial charge in [0.2, 0.25) is 13.3 Å². The second-order valence-electron chi connectivity index (χ2n) is 7.96. The van der Waals surface area contributed by atoms with E-state index in [1.807, 2.05) is 6.07 Å². The molecule has 0 aliphatic heterocycles. The summed E-state index contributed by atoms with van der Waals surface area (Å²) in [6, 6.07) is 15.9. The summed E-state index contributed by atoms with van der Waals surface area (Å²) in [5, 5.41) is 17.9. The number of aliphatic hydroxyl groups excluding tert-OH is 1. The quantitative estimate of drug-likeness (QED) is 0.228. The number of rotatable bonds is 5. The van der Waals surface area contributed by atoms with Crippen LogP contribution in [0.25, 0.3) is 0 Å². The fourth-order valence-corrected chi connectivity index (χ4v) is 6.39. The fourth-order valence-electron chi connectivity index (χ4n) is 3.99. The highest BCUT2D eigenvalue weighted by molar-refractivity contribution is 7.92. The molecule has 3 aromatic rings. The minimum atomic E-state index is -4.00. The van der Waals surface area contributed by atoms with Crippen molar-refractivity contribution in [3.8, 4) is 6.07 Å². The maximum Gasteiger partial charge on any atom is 0.229 e. The highest BCUT2D eigenvalue weighted by Gasteiger charge is 2.57. The molecule has 1 aliphatic carbocycles. The van der Waals surface area contributed by atoms with Gasteiger partial charge in [0, 0.05) is 18.4 Å². The molecular weight excluding hydrogens is 543 g/mol. The van der Waals surface area contributed by atoms with Crippen molar-refractivity contribution in [2.24, 2.45) is 5.92 Å². The van der Waals surface area contributed by atoms with Crippen molar-refractivity contribution >= 4 is 21.9 Å². The third-order valence-electron chi connectivity index (χ3n) is 5.97. The van der Waals surface area contributed by atoms with E-state index in [1.54, 1.807) is 31.2 Å². The van der Waals surface area contributed by atoms with Crippen molar-refractivity contribution in [1.82, 2.24) is 0 Å². The summed E-state index contributed by atoms with van der Waals surface area (Å²) in [6.07, 6.45) is 1.39. The number of benzene rings is 3. The summed E-state index contributed by atoms with van der Waals surface area (Å²) in [7, 11) is -3.00. The molecule has 2 unspecified atom stereocenters. The van der Waals surface area contributed by atoms with Crippen LogP contribution >= 0.6 is 0 Å². The lowest BCUT2D eigenvalue weighted by molar-refractivity contribution is -0.105. The Morgan fingerprint density at radius 3 is 1.97 bits per heavy atom. The predicted molar refractivity (Wildman–Crippen MR) is 136 cm³/mol. The first-order valence-electron chi connectivity index (χ1n) is 11.3. The molecule has 0 bridgehead atoms. The summed E-state index contributed by atoms with van der Waals surface area (Å²) in [6.45, 7) is -0.0467. The number of carbonyl (C=O) groups excluding carboxylic acids is 1. The molecule has 1 amide bonds. The first-order valence-corrected chi connectivity index (χ1v) is 12.8. The van der Waals surface area contributed by atoms with E-state index in [2.05, 4.69) is 5.32 Å².